The number of aryl methyl sites for hydroxylation is 1. The van der Waals surface area contributed by atoms with Crippen LogP contribution in [0.2, 0.25) is 0 Å². The highest BCUT2D eigenvalue weighted by molar-refractivity contribution is 5.75. The molecule has 2 N–H and O–H groups in total. The van der Waals surface area contributed by atoms with Crippen molar-refractivity contribution in [3.05, 3.63) is 59.7 Å². The summed E-state index contributed by atoms with van der Waals surface area (Å²) >= 11 is 0. The van der Waals surface area contributed by atoms with Crippen LogP contribution in [0.4, 0.5) is 0 Å². The Labute approximate surface area is 119 Å². The first-order valence-electron chi connectivity index (χ1n) is 6.59. The number of esters is 1. The number of benzene rings is 2. The van der Waals surface area contributed by atoms with Crippen molar-refractivity contribution in [1.29, 1.82) is 0 Å². The van der Waals surface area contributed by atoms with Crippen molar-refractivity contribution in [2.75, 3.05) is 7.11 Å². The molecule has 2 aromatic rings. The van der Waals surface area contributed by atoms with Gasteiger partial charge in [-0.05, 0) is 30.0 Å². The van der Waals surface area contributed by atoms with Gasteiger partial charge in [0.05, 0.1) is 7.11 Å². The molecular weight excluding hydrogens is 250 g/mol. The van der Waals surface area contributed by atoms with Crippen LogP contribution in [0.3, 0.4) is 0 Å². The summed E-state index contributed by atoms with van der Waals surface area (Å²) in [6.45, 7) is 2.07. The fourth-order valence-electron chi connectivity index (χ4n) is 2.07. The van der Waals surface area contributed by atoms with Gasteiger partial charge >= 0.3 is 5.97 Å². The Balaban J connectivity index is 2.10. The molecule has 0 aromatic heterocycles. The molecule has 0 radical (unpaired) electrons. The second-order valence-corrected chi connectivity index (χ2v) is 4.90. The molecule has 0 saturated carbocycles. The summed E-state index contributed by atoms with van der Waals surface area (Å²) in [6.07, 6.45) is 0.487. The number of methoxy groups -OCH3 is 1. The topological polar surface area (TPSA) is 52.3 Å². The largest absolute Gasteiger partial charge is 0.468 e. The third-order valence-corrected chi connectivity index (χ3v) is 3.30. The lowest BCUT2D eigenvalue weighted by atomic mass is 10.0. The van der Waals surface area contributed by atoms with E-state index in [2.05, 4.69) is 35.9 Å². The predicted molar refractivity (Wildman–Crippen MR) is 80.3 cm³/mol. The third kappa shape index (κ3) is 3.45. The summed E-state index contributed by atoms with van der Waals surface area (Å²) in [4.78, 5) is 11.3. The standard InChI is InChI=1S/C17H19NO2/c1-12-3-7-14(8-4-12)15-9-5-13(6-10-15)11-16(18)17(19)20-2/h3-10,16H,11,18H2,1-2H3/t16-/m0/s1. The molecular formula is C17H19NO2. The summed E-state index contributed by atoms with van der Waals surface area (Å²) in [6, 6.07) is 15.9. The minimum Gasteiger partial charge on any atom is -0.468 e. The Morgan fingerprint density at radius 1 is 1.05 bits per heavy atom. The molecule has 2 rings (SSSR count). The smallest absolute Gasteiger partial charge is 0.322 e. The van der Waals surface area contributed by atoms with Gasteiger partial charge < -0.3 is 10.5 Å². The molecule has 0 aliphatic rings. The average molecular weight is 269 g/mol. The highest BCUT2D eigenvalue weighted by Gasteiger charge is 2.13. The van der Waals surface area contributed by atoms with Gasteiger partial charge in [0.1, 0.15) is 6.04 Å². The summed E-state index contributed by atoms with van der Waals surface area (Å²) in [7, 11) is 1.35. The maximum atomic E-state index is 11.3. The molecule has 0 spiro atoms. The van der Waals surface area contributed by atoms with E-state index in [1.807, 2.05) is 24.3 Å². The van der Waals surface area contributed by atoms with E-state index in [0.717, 1.165) is 11.1 Å². The predicted octanol–water partition coefficient (Wildman–Crippen LogP) is 2.70. The second kappa shape index (κ2) is 6.35. The van der Waals surface area contributed by atoms with Crippen LogP contribution < -0.4 is 5.73 Å². The minimum atomic E-state index is -0.606. The Kier molecular flexibility index (Phi) is 4.53. The lowest BCUT2D eigenvalue weighted by molar-refractivity contribution is -0.142. The van der Waals surface area contributed by atoms with E-state index in [0.29, 0.717) is 6.42 Å². The Hall–Kier alpha value is -2.13. The van der Waals surface area contributed by atoms with Gasteiger partial charge in [-0.2, -0.15) is 0 Å². The maximum absolute atomic E-state index is 11.3. The van der Waals surface area contributed by atoms with E-state index in [-0.39, 0.29) is 5.97 Å². The van der Waals surface area contributed by atoms with Crippen molar-refractivity contribution in [1.82, 2.24) is 0 Å². The number of rotatable bonds is 4. The monoisotopic (exact) mass is 269 g/mol. The van der Waals surface area contributed by atoms with E-state index in [4.69, 9.17) is 5.73 Å². The number of hydrogen-bond donors (Lipinski definition) is 1. The van der Waals surface area contributed by atoms with Gasteiger partial charge in [-0.1, -0.05) is 54.1 Å². The van der Waals surface area contributed by atoms with E-state index in [9.17, 15) is 4.79 Å². The van der Waals surface area contributed by atoms with Gasteiger partial charge in [-0.3, -0.25) is 4.79 Å². The van der Waals surface area contributed by atoms with Crippen LogP contribution in [0.25, 0.3) is 11.1 Å². The summed E-state index contributed by atoms with van der Waals surface area (Å²) < 4.78 is 4.62. The van der Waals surface area contributed by atoms with Crippen LogP contribution >= 0.6 is 0 Å². The van der Waals surface area contributed by atoms with Crippen molar-refractivity contribution < 1.29 is 9.53 Å². The first-order valence-corrected chi connectivity index (χ1v) is 6.59. The average Bonchev–Trinajstić information content (AvgIpc) is 2.48. The van der Waals surface area contributed by atoms with Crippen LogP contribution in [-0.2, 0) is 16.0 Å². The Morgan fingerprint density at radius 2 is 1.55 bits per heavy atom. The number of carbonyl (C=O) groups excluding carboxylic acids is 1. The molecule has 0 amide bonds. The molecule has 0 unspecified atom stereocenters. The first-order chi connectivity index (χ1) is 9.60. The van der Waals surface area contributed by atoms with Crippen LogP contribution in [0.15, 0.2) is 48.5 Å². The molecule has 0 saturated heterocycles. The normalized spacial score (nSPS) is 11.9. The SMILES string of the molecule is COC(=O)[C@@H](N)Cc1ccc(-c2ccc(C)cc2)cc1. The molecule has 104 valence electrons. The lowest BCUT2D eigenvalue weighted by Gasteiger charge is -2.10. The van der Waals surface area contributed by atoms with Gasteiger partial charge in [-0.15, -0.1) is 0 Å². The number of ether oxygens (including phenoxy) is 1. The van der Waals surface area contributed by atoms with E-state index >= 15 is 0 Å². The fraction of sp³-hybridized carbons (Fsp3) is 0.235. The quantitative estimate of drug-likeness (QED) is 0.868. The van der Waals surface area contributed by atoms with Gasteiger partial charge in [0.25, 0.3) is 0 Å². The van der Waals surface area contributed by atoms with Gasteiger partial charge in [0, 0.05) is 0 Å². The van der Waals surface area contributed by atoms with Crippen molar-refractivity contribution in [2.24, 2.45) is 5.73 Å². The zero-order valence-corrected chi connectivity index (χ0v) is 11.8. The van der Waals surface area contributed by atoms with Gasteiger partial charge in [0.15, 0.2) is 0 Å². The molecule has 0 aliphatic carbocycles. The van der Waals surface area contributed by atoms with E-state index in [1.54, 1.807) is 0 Å². The fourth-order valence-corrected chi connectivity index (χ4v) is 2.07. The zero-order valence-electron chi connectivity index (χ0n) is 11.8. The van der Waals surface area contributed by atoms with Gasteiger partial charge in [-0.25, -0.2) is 0 Å². The summed E-state index contributed by atoms with van der Waals surface area (Å²) in [5.74, 6) is -0.382. The van der Waals surface area contributed by atoms with Crippen molar-refractivity contribution >= 4 is 5.97 Å². The molecule has 20 heavy (non-hydrogen) atoms. The number of nitrogens with two attached hydrogens (primary N) is 1. The van der Waals surface area contributed by atoms with E-state index < -0.39 is 6.04 Å². The molecule has 3 nitrogen and oxygen atoms in total. The van der Waals surface area contributed by atoms with E-state index in [1.165, 1.54) is 18.2 Å². The highest BCUT2D eigenvalue weighted by Crippen LogP contribution is 2.20. The summed E-state index contributed by atoms with van der Waals surface area (Å²) in [5.41, 5.74) is 10.4. The van der Waals surface area contributed by atoms with Crippen LogP contribution in [0, 0.1) is 6.92 Å². The molecule has 0 aliphatic heterocycles. The number of hydrogen-bond acceptors (Lipinski definition) is 3. The van der Waals surface area contributed by atoms with Crippen molar-refractivity contribution in [2.45, 2.75) is 19.4 Å². The first kappa shape index (κ1) is 14.3. The Bertz CT molecular complexity index is 573. The number of carbonyl (C=O) groups is 1. The second-order valence-electron chi connectivity index (χ2n) is 4.90. The summed E-state index contributed by atoms with van der Waals surface area (Å²) in [5, 5.41) is 0. The van der Waals surface area contributed by atoms with Crippen molar-refractivity contribution in [3.63, 3.8) is 0 Å². The van der Waals surface area contributed by atoms with Gasteiger partial charge in [0.2, 0.25) is 0 Å². The molecule has 3 heteroatoms. The maximum Gasteiger partial charge on any atom is 0.322 e. The lowest BCUT2D eigenvalue weighted by Crippen LogP contribution is -2.33. The van der Waals surface area contributed by atoms with Crippen LogP contribution in [-0.4, -0.2) is 19.1 Å². The molecule has 1 atom stereocenters. The minimum absolute atomic E-state index is 0.382. The third-order valence-electron chi connectivity index (χ3n) is 3.30. The molecule has 0 heterocycles. The zero-order chi connectivity index (χ0) is 14.5. The van der Waals surface area contributed by atoms with Crippen LogP contribution in [0.1, 0.15) is 11.1 Å². The Morgan fingerprint density at radius 3 is 2.05 bits per heavy atom. The molecule has 2 aromatic carbocycles. The van der Waals surface area contributed by atoms with Crippen LogP contribution in [0.5, 0.6) is 0 Å². The van der Waals surface area contributed by atoms with Crippen molar-refractivity contribution in [3.8, 4) is 11.1 Å². The highest BCUT2D eigenvalue weighted by atomic mass is 16.5. The molecule has 0 bridgehead atoms. The molecule has 0 fully saturated rings.